The molecule has 3 heterocycles. The van der Waals surface area contributed by atoms with Gasteiger partial charge in [-0.05, 0) is 37.2 Å². The number of nitrogens with one attached hydrogen (secondary N) is 2. The number of aromatic nitrogens is 3. The number of imidazole rings is 1. The molecule has 1 amide bonds. The van der Waals surface area contributed by atoms with E-state index in [4.69, 9.17) is 0 Å². The van der Waals surface area contributed by atoms with E-state index in [0.29, 0.717) is 22.9 Å². The zero-order valence-corrected chi connectivity index (χ0v) is 19.7. The van der Waals surface area contributed by atoms with Gasteiger partial charge in [-0.25, -0.2) is 9.50 Å². The van der Waals surface area contributed by atoms with Crippen molar-refractivity contribution in [3.8, 4) is 11.3 Å². The van der Waals surface area contributed by atoms with Crippen LogP contribution in [0.1, 0.15) is 39.7 Å². The first-order chi connectivity index (χ1) is 16.0. The average molecular weight is 475 g/mol. The van der Waals surface area contributed by atoms with Gasteiger partial charge in [-0.3, -0.25) is 4.79 Å². The van der Waals surface area contributed by atoms with Gasteiger partial charge in [0.05, 0.1) is 23.1 Å². The molecule has 1 saturated heterocycles. The van der Waals surface area contributed by atoms with Crippen LogP contribution < -0.4 is 15.5 Å². The van der Waals surface area contributed by atoms with Crippen molar-refractivity contribution in [2.75, 3.05) is 29.9 Å². The summed E-state index contributed by atoms with van der Waals surface area (Å²) in [5.74, 6) is 0.320. The van der Waals surface area contributed by atoms with Crippen molar-refractivity contribution in [2.45, 2.75) is 46.3 Å². The Morgan fingerprint density at radius 1 is 1.18 bits per heavy atom. The Morgan fingerprint density at radius 3 is 2.62 bits per heavy atom. The Bertz CT molecular complexity index is 1200. The molecule has 1 aliphatic rings. The van der Waals surface area contributed by atoms with Crippen molar-refractivity contribution in [3.05, 3.63) is 42.1 Å². The summed E-state index contributed by atoms with van der Waals surface area (Å²) in [6.45, 7) is 9.70. The molecule has 1 atom stereocenters. The summed E-state index contributed by atoms with van der Waals surface area (Å²) >= 11 is 0. The maximum atomic E-state index is 13.6. The standard InChI is InChI=1S/C24H29F3N6O/c1-5-28-16-10-11-32(13-16)21-9-8-20-29-19(14-33(20)31-21)15-6-7-17(24(25,26)27)18(12-15)30-22(34)23(2,3)4/h6-9,12,14,16,28H,5,10-11,13H2,1-4H3,(H,30,34)/t16-/m1/s1. The normalized spacial score (nSPS) is 16.9. The molecular formula is C24H29F3N6O. The highest BCUT2D eigenvalue weighted by Crippen LogP contribution is 2.38. The van der Waals surface area contributed by atoms with Crippen molar-refractivity contribution in [3.63, 3.8) is 0 Å². The first-order valence-electron chi connectivity index (χ1n) is 11.3. The first kappa shape index (κ1) is 24.0. The lowest BCUT2D eigenvalue weighted by Crippen LogP contribution is -2.32. The summed E-state index contributed by atoms with van der Waals surface area (Å²) < 4.78 is 42.4. The van der Waals surface area contributed by atoms with Crippen molar-refractivity contribution in [2.24, 2.45) is 5.41 Å². The molecule has 182 valence electrons. The van der Waals surface area contributed by atoms with Crippen LogP contribution in [0.15, 0.2) is 36.5 Å². The fourth-order valence-corrected chi connectivity index (χ4v) is 3.97. The van der Waals surface area contributed by atoms with E-state index in [2.05, 4.69) is 32.5 Å². The number of hydrogen-bond acceptors (Lipinski definition) is 5. The zero-order chi connectivity index (χ0) is 24.7. The van der Waals surface area contributed by atoms with Gasteiger partial charge in [0.2, 0.25) is 5.91 Å². The molecule has 2 N–H and O–H groups in total. The van der Waals surface area contributed by atoms with E-state index in [9.17, 15) is 18.0 Å². The van der Waals surface area contributed by atoms with Crippen LogP contribution in [0.4, 0.5) is 24.7 Å². The Morgan fingerprint density at radius 2 is 1.94 bits per heavy atom. The number of likely N-dealkylation sites (N-methyl/N-ethyl adjacent to an activating group) is 1. The van der Waals surface area contributed by atoms with E-state index in [1.807, 2.05) is 12.1 Å². The van der Waals surface area contributed by atoms with E-state index in [1.165, 1.54) is 12.1 Å². The Balaban J connectivity index is 1.65. The number of benzene rings is 1. The first-order valence-corrected chi connectivity index (χ1v) is 11.3. The number of alkyl halides is 3. The molecule has 0 spiro atoms. The smallest absolute Gasteiger partial charge is 0.354 e. The molecular weight excluding hydrogens is 445 g/mol. The topological polar surface area (TPSA) is 74.6 Å². The lowest BCUT2D eigenvalue weighted by Gasteiger charge is -2.20. The number of nitrogens with zero attached hydrogens (tertiary/aromatic N) is 4. The van der Waals surface area contributed by atoms with Gasteiger partial charge in [0.1, 0.15) is 5.82 Å². The van der Waals surface area contributed by atoms with Crippen molar-refractivity contribution in [1.82, 2.24) is 19.9 Å². The number of hydrogen-bond donors (Lipinski definition) is 2. The lowest BCUT2D eigenvalue weighted by atomic mass is 9.95. The molecule has 1 fully saturated rings. The highest BCUT2D eigenvalue weighted by molar-refractivity contribution is 5.96. The number of halogens is 3. The predicted octanol–water partition coefficient (Wildman–Crippen LogP) is 4.59. The summed E-state index contributed by atoms with van der Waals surface area (Å²) in [7, 11) is 0. The third-order valence-electron chi connectivity index (χ3n) is 5.86. The summed E-state index contributed by atoms with van der Waals surface area (Å²) in [5.41, 5.74) is -0.524. The summed E-state index contributed by atoms with van der Waals surface area (Å²) in [5, 5.41) is 10.6. The van der Waals surface area contributed by atoms with Crippen LogP contribution in [-0.2, 0) is 11.0 Å². The molecule has 1 aliphatic heterocycles. The molecule has 2 aromatic heterocycles. The van der Waals surface area contributed by atoms with E-state index >= 15 is 0 Å². The average Bonchev–Trinajstić information content (AvgIpc) is 3.39. The molecule has 7 nitrogen and oxygen atoms in total. The molecule has 3 aromatic rings. The molecule has 0 unspecified atom stereocenters. The van der Waals surface area contributed by atoms with Gasteiger partial charge in [-0.15, -0.1) is 5.10 Å². The van der Waals surface area contributed by atoms with Gasteiger partial charge in [0.15, 0.2) is 5.65 Å². The van der Waals surface area contributed by atoms with E-state index < -0.39 is 23.1 Å². The third-order valence-corrected chi connectivity index (χ3v) is 5.86. The molecule has 4 rings (SSSR count). The van der Waals surface area contributed by atoms with Gasteiger partial charge < -0.3 is 15.5 Å². The van der Waals surface area contributed by atoms with E-state index in [1.54, 1.807) is 31.5 Å². The fraction of sp³-hybridized carbons (Fsp3) is 0.458. The molecule has 1 aromatic carbocycles. The molecule has 0 aliphatic carbocycles. The van der Waals surface area contributed by atoms with Gasteiger partial charge in [0, 0.05) is 30.1 Å². The number of carbonyl (C=O) groups is 1. The second-order valence-corrected chi connectivity index (χ2v) is 9.57. The van der Waals surface area contributed by atoms with Gasteiger partial charge in [0.25, 0.3) is 0 Å². The Kier molecular flexibility index (Phi) is 6.28. The molecule has 10 heteroatoms. The number of amides is 1. The minimum atomic E-state index is -4.60. The highest BCUT2D eigenvalue weighted by Gasteiger charge is 2.35. The van der Waals surface area contributed by atoms with Crippen LogP contribution in [0.5, 0.6) is 0 Å². The van der Waals surface area contributed by atoms with Gasteiger partial charge in [-0.1, -0.05) is 33.8 Å². The predicted molar refractivity (Wildman–Crippen MR) is 126 cm³/mol. The summed E-state index contributed by atoms with van der Waals surface area (Å²) in [4.78, 5) is 19.1. The van der Waals surface area contributed by atoms with Crippen LogP contribution in [0.25, 0.3) is 16.9 Å². The van der Waals surface area contributed by atoms with Crippen molar-refractivity contribution < 1.29 is 18.0 Å². The lowest BCUT2D eigenvalue weighted by molar-refractivity contribution is -0.137. The molecule has 34 heavy (non-hydrogen) atoms. The second-order valence-electron chi connectivity index (χ2n) is 9.57. The maximum absolute atomic E-state index is 13.6. The summed E-state index contributed by atoms with van der Waals surface area (Å²) in [6.07, 6.45) is -1.87. The number of fused-ring (bicyclic) bond motifs is 1. The van der Waals surface area contributed by atoms with E-state index in [-0.39, 0.29) is 5.69 Å². The molecule has 0 saturated carbocycles. The highest BCUT2D eigenvalue weighted by atomic mass is 19.4. The number of carbonyl (C=O) groups excluding carboxylic acids is 1. The molecule has 0 radical (unpaired) electrons. The Hall–Kier alpha value is -3.14. The van der Waals surface area contributed by atoms with Gasteiger partial charge in [-0.2, -0.15) is 13.2 Å². The maximum Gasteiger partial charge on any atom is 0.418 e. The summed E-state index contributed by atoms with van der Waals surface area (Å²) in [6, 6.07) is 7.83. The van der Waals surface area contributed by atoms with Crippen molar-refractivity contribution >= 4 is 23.1 Å². The monoisotopic (exact) mass is 474 g/mol. The quantitative estimate of drug-likeness (QED) is 0.566. The fourth-order valence-electron chi connectivity index (χ4n) is 3.97. The second kappa shape index (κ2) is 8.90. The van der Waals surface area contributed by atoms with Crippen molar-refractivity contribution in [1.29, 1.82) is 0 Å². The minimum Gasteiger partial charge on any atom is -0.354 e. The Labute approximate surface area is 196 Å². The number of rotatable bonds is 5. The van der Waals surface area contributed by atoms with Crippen LogP contribution in [-0.4, -0.2) is 46.2 Å². The van der Waals surface area contributed by atoms with Crippen LogP contribution in [0.2, 0.25) is 0 Å². The van der Waals surface area contributed by atoms with Crippen LogP contribution >= 0.6 is 0 Å². The van der Waals surface area contributed by atoms with Crippen LogP contribution in [0.3, 0.4) is 0 Å². The largest absolute Gasteiger partial charge is 0.418 e. The van der Waals surface area contributed by atoms with Crippen LogP contribution in [0, 0.1) is 5.41 Å². The number of anilines is 2. The minimum absolute atomic E-state index is 0.290. The zero-order valence-electron chi connectivity index (χ0n) is 19.7. The SMILES string of the molecule is CCN[C@@H]1CCN(c2ccc3nc(-c4ccc(C(F)(F)F)c(NC(=O)C(C)(C)C)c4)cn3n2)C1. The van der Waals surface area contributed by atoms with Gasteiger partial charge >= 0.3 is 6.18 Å². The third kappa shape index (κ3) is 5.01. The molecule has 0 bridgehead atoms. The van der Waals surface area contributed by atoms with E-state index in [0.717, 1.165) is 37.9 Å².